The Bertz CT molecular complexity index is 789. The summed E-state index contributed by atoms with van der Waals surface area (Å²) in [5.41, 5.74) is 3.74. The summed E-state index contributed by atoms with van der Waals surface area (Å²) in [6.45, 7) is 3.93. The van der Waals surface area contributed by atoms with Crippen molar-refractivity contribution in [3.05, 3.63) is 63.6 Å². The minimum Gasteiger partial charge on any atom is -0.268 e. The summed E-state index contributed by atoms with van der Waals surface area (Å²) in [6.07, 6.45) is 0. The molecule has 0 atom stereocenters. The normalized spacial score (nSPS) is 11.0. The summed E-state index contributed by atoms with van der Waals surface area (Å²) in [7, 11) is 0. The number of rotatable bonds is 3. The zero-order valence-corrected chi connectivity index (χ0v) is 12.8. The van der Waals surface area contributed by atoms with Gasteiger partial charge in [-0.05, 0) is 36.2 Å². The van der Waals surface area contributed by atoms with Crippen molar-refractivity contribution >= 4 is 11.3 Å². The lowest BCUT2D eigenvalue weighted by molar-refractivity contribution is 0.505. The molecule has 3 aromatic rings. The Morgan fingerprint density at radius 3 is 2.48 bits per heavy atom. The maximum atomic E-state index is 12.3. The van der Waals surface area contributed by atoms with E-state index in [1.165, 1.54) is 4.68 Å². The van der Waals surface area contributed by atoms with E-state index < -0.39 is 0 Å². The topological polar surface area (TPSA) is 34.9 Å². The minimum atomic E-state index is -0.0640. The molecule has 1 aromatic carbocycles. The van der Waals surface area contributed by atoms with E-state index in [1.54, 1.807) is 17.4 Å². The molecule has 2 aromatic heterocycles. The Morgan fingerprint density at radius 1 is 1.10 bits per heavy atom. The third-order valence-corrected chi connectivity index (χ3v) is 4.01. The fourth-order valence-electron chi connectivity index (χ4n) is 2.29. The monoisotopic (exact) mass is 296 g/mol. The number of thiophene rings is 1. The third-order valence-electron chi connectivity index (χ3n) is 3.33. The van der Waals surface area contributed by atoms with E-state index >= 15 is 0 Å². The molecule has 0 saturated carbocycles. The molecular formula is C17H16N2OS. The van der Waals surface area contributed by atoms with Crippen molar-refractivity contribution < 1.29 is 0 Å². The fraction of sp³-hybridized carbons (Fsp3) is 0.176. The average Bonchev–Trinajstić information content (AvgIpc) is 3.01. The van der Waals surface area contributed by atoms with Crippen LogP contribution in [-0.2, 0) is 0 Å². The summed E-state index contributed by atoms with van der Waals surface area (Å²) < 4.78 is 1.54. The summed E-state index contributed by atoms with van der Waals surface area (Å²) in [6, 6.07) is 13.7. The molecule has 3 nitrogen and oxygen atoms in total. The summed E-state index contributed by atoms with van der Waals surface area (Å²) >= 11 is 1.62. The number of benzene rings is 1. The first-order valence-corrected chi connectivity index (χ1v) is 7.83. The molecule has 0 aliphatic carbocycles. The summed E-state index contributed by atoms with van der Waals surface area (Å²) in [4.78, 5) is 12.3. The van der Waals surface area contributed by atoms with Crippen molar-refractivity contribution in [2.75, 3.05) is 0 Å². The molecule has 2 heterocycles. The van der Waals surface area contributed by atoms with Crippen molar-refractivity contribution in [3.63, 3.8) is 0 Å². The fourth-order valence-corrected chi connectivity index (χ4v) is 2.94. The van der Waals surface area contributed by atoms with Crippen LogP contribution in [0.1, 0.15) is 19.9 Å². The van der Waals surface area contributed by atoms with Crippen molar-refractivity contribution in [2.45, 2.75) is 19.9 Å². The first kappa shape index (κ1) is 13.8. The smallest absolute Gasteiger partial charge is 0.267 e. The van der Waals surface area contributed by atoms with Crippen LogP contribution < -0.4 is 5.56 Å². The predicted molar refractivity (Wildman–Crippen MR) is 87.6 cm³/mol. The number of hydrogen-bond donors (Lipinski definition) is 0. The summed E-state index contributed by atoms with van der Waals surface area (Å²) in [5.74, 6) is 0. The molecule has 0 saturated heterocycles. The molecular weight excluding hydrogens is 280 g/mol. The second-order valence-corrected chi connectivity index (χ2v) is 5.94. The SMILES string of the molecule is CC(C)n1nc(-c2ccccc2)c(-c2ccsc2)cc1=O. The van der Waals surface area contributed by atoms with Crippen LogP contribution in [0.2, 0.25) is 0 Å². The molecule has 0 aliphatic rings. The highest BCUT2D eigenvalue weighted by molar-refractivity contribution is 7.08. The molecule has 106 valence electrons. The Balaban J connectivity index is 2.29. The van der Waals surface area contributed by atoms with Crippen LogP contribution in [0.4, 0.5) is 0 Å². The molecule has 0 fully saturated rings. The molecule has 0 spiro atoms. The quantitative estimate of drug-likeness (QED) is 0.725. The zero-order valence-electron chi connectivity index (χ0n) is 12.0. The van der Waals surface area contributed by atoms with E-state index in [4.69, 9.17) is 0 Å². The van der Waals surface area contributed by atoms with Gasteiger partial charge in [0.05, 0.1) is 11.7 Å². The molecule has 0 radical (unpaired) electrons. The van der Waals surface area contributed by atoms with Gasteiger partial charge in [-0.15, -0.1) is 0 Å². The highest BCUT2D eigenvalue weighted by atomic mass is 32.1. The highest BCUT2D eigenvalue weighted by Crippen LogP contribution is 2.30. The van der Waals surface area contributed by atoms with Gasteiger partial charge in [0.2, 0.25) is 0 Å². The van der Waals surface area contributed by atoms with Crippen LogP contribution in [0, 0.1) is 0 Å². The van der Waals surface area contributed by atoms with Gasteiger partial charge in [-0.25, -0.2) is 4.68 Å². The predicted octanol–water partition coefficient (Wildman–Crippen LogP) is 4.22. The largest absolute Gasteiger partial charge is 0.268 e. The molecule has 3 rings (SSSR count). The van der Waals surface area contributed by atoms with E-state index in [-0.39, 0.29) is 11.6 Å². The maximum absolute atomic E-state index is 12.3. The van der Waals surface area contributed by atoms with Gasteiger partial charge in [0.1, 0.15) is 0 Å². The van der Waals surface area contributed by atoms with Crippen LogP contribution >= 0.6 is 11.3 Å². The molecule has 0 amide bonds. The van der Waals surface area contributed by atoms with Gasteiger partial charge >= 0.3 is 0 Å². The van der Waals surface area contributed by atoms with Crippen LogP contribution in [0.5, 0.6) is 0 Å². The maximum Gasteiger partial charge on any atom is 0.267 e. The van der Waals surface area contributed by atoms with E-state index in [1.807, 2.05) is 61.0 Å². The average molecular weight is 296 g/mol. The lowest BCUT2D eigenvalue weighted by atomic mass is 10.0. The molecule has 0 aliphatic heterocycles. The highest BCUT2D eigenvalue weighted by Gasteiger charge is 2.14. The van der Waals surface area contributed by atoms with Crippen molar-refractivity contribution in [1.29, 1.82) is 0 Å². The standard InChI is InChI=1S/C17H16N2OS/c1-12(2)19-16(20)10-15(14-8-9-21-11-14)17(18-19)13-6-4-3-5-7-13/h3-12H,1-2H3. The van der Waals surface area contributed by atoms with Gasteiger partial charge in [0, 0.05) is 17.2 Å². The Labute approximate surface area is 127 Å². The van der Waals surface area contributed by atoms with Gasteiger partial charge < -0.3 is 0 Å². The van der Waals surface area contributed by atoms with Crippen LogP contribution in [0.25, 0.3) is 22.4 Å². The first-order chi connectivity index (χ1) is 10.2. The Hall–Kier alpha value is -2.20. The lowest BCUT2D eigenvalue weighted by Gasteiger charge is -2.13. The van der Waals surface area contributed by atoms with Crippen molar-refractivity contribution in [3.8, 4) is 22.4 Å². The molecule has 21 heavy (non-hydrogen) atoms. The van der Waals surface area contributed by atoms with E-state index in [0.717, 1.165) is 22.4 Å². The zero-order chi connectivity index (χ0) is 14.8. The second-order valence-electron chi connectivity index (χ2n) is 5.16. The lowest BCUT2D eigenvalue weighted by Crippen LogP contribution is -2.24. The van der Waals surface area contributed by atoms with Crippen LogP contribution in [-0.4, -0.2) is 9.78 Å². The van der Waals surface area contributed by atoms with E-state index in [0.29, 0.717) is 0 Å². The molecule has 0 N–H and O–H groups in total. The van der Waals surface area contributed by atoms with E-state index in [2.05, 4.69) is 5.10 Å². The van der Waals surface area contributed by atoms with Crippen LogP contribution in [0.3, 0.4) is 0 Å². The number of hydrogen-bond acceptors (Lipinski definition) is 3. The first-order valence-electron chi connectivity index (χ1n) is 6.88. The van der Waals surface area contributed by atoms with Gasteiger partial charge in [0.15, 0.2) is 0 Å². The molecule has 0 unspecified atom stereocenters. The van der Waals surface area contributed by atoms with Gasteiger partial charge in [-0.3, -0.25) is 4.79 Å². The third kappa shape index (κ3) is 2.67. The van der Waals surface area contributed by atoms with Crippen molar-refractivity contribution in [2.24, 2.45) is 0 Å². The Morgan fingerprint density at radius 2 is 1.86 bits per heavy atom. The van der Waals surface area contributed by atoms with Crippen molar-refractivity contribution in [1.82, 2.24) is 9.78 Å². The summed E-state index contributed by atoms with van der Waals surface area (Å²) in [5, 5.41) is 8.66. The van der Waals surface area contributed by atoms with Gasteiger partial charge in [0.25, 0.3) is 5.56 Å². The van der Waals surface area contributed by atoms with Gasteiger partial charge in [-0.1, -0.05) is 30.3 Å². The number of aromatic nitrogens is 2. The molecule has 0 bridgehead atoms. The van der Waals surface area contributed by atoms with Crippen LogP contribution in [0.15, 0.2) is 58.0 Å². The number of nitrogens with zero attached hydrogens (tertiary/aromatic N) is 2. The minimum absolute atomic E-state index is 0.0384. The van der Waals surface area contributed by atoms with E-state index in [9.17, 15) is 4.79 Å². The van der Waals surface area contributed by atoms with Gasteiger partial charge in [-0.2, -0.15) is 16.4 Å². The molecule has 4 heteroatoms. The second kappa shape index (κ2) is 5.66. The Kier molecular flexibility index (Phi) is 3.71.